The molecule has 2 aliphatic rings. The van der Waals surface area contributed by atoms with Gasteiger partial charge in [0.2, 0.25) is 0 Å². The van der Waals surface area contributed by atoms with Crippen LogP contribution in [0.5, 0.6) is 0 Å². The third-order valence-electron chi connectivity index (χ3n) is 4.61. The maximum atomic E-state index is 12.1. The summed E-state index contributed by atoms with van der Waals surface area (Å²) in [6.45, 7) is 3.30. The van der Waals surface area contributed by atoms with E-state index >= 15 is 0 Å². The predicted molar refractivity (Wildman–Crippen MR) is 98.7 cm³/mol. The van der Waals surface area contributed by atoms with E-state index in [1.807, 2.05) is 0 Å². The number of carbonyl (C=O) groups is 2. The average molecular weight is 393 g/mol. The summed E-state index contributed by atoms with van der Waals surface area (Å²) in [6.07, 6.45) is 2.05. The standard InChI is InChI=1S/C18H23N3O5S/c1-13-5-4-10-21(11-13)16(22)12-26-17(23)8-9-19-18-14-6-2-3-7-15(14)27(24,25)20-18/h2-3,6-7,13H,4-5,8-12H2,1H3,(H,19,20)/t13-/m0/s1. The smallest absolute Gasteiger partial charge is 0.308 e. The largest absolute Gasteiger partial charge is 0.456 e. The highest BCUT2D eigenvalue weighted by Gasteiger charge is 2.30. The van der Waals surface area contributed by atoms with Crippen molar-refractivity contribution in [2.24, 2.45) is 10.9 Å². The summed E-state index contributed by atoms with van der Waals surface area (Å²) >= 11 is 0. The van der Waals surface area contributed by atoms with Crippen LogP contribution >= 0.6 is 0 Å². The van der Waals surface area contributed by atoms with Crippen LogP contribution in [0, 0.1) is 5.92 Å². The summed E-state index contributed by atoms with van der Waals surface area (Å²) in [5.41, 5.74) is 0.486. The molecule has 2 aliphatic heterocycles. The lowest BCUT2D eigenvalue weighted by Gasteiger charge is -2.30. The first-order valence-corrected chi connectivity index (χ1v) is 10.4. The molecular formula is C18H23N3O5S. The number of amidine groups is 1. The third-order valence-corrected chi connectivity index (χ3v) is 6.01. The number of aliphatic imine (C=N–C) groups is 1. The number of nitrogens with zero attached hydrogens (tertiary/aromatic N) is 2. The number of hydrogen-bond acceptors (Lipinski definition) is 6. The second-order valence-corrected chi connectivity index (χ2v) is 8.48. The van der Waals surface area contributed by atoms with Gasteiger partial charge in [0.15, 0.2) is 6.61 Å². The Kier molecular flexibility index (Phi) is 5.79. The molecule has 8 nitrogen and oxygen atoms in total. The molecule has 2 heterocycles. The third kappa shape index (κ3) is 4.65. The summed E-state index contributed by atoms with van der Waals surface area (Å²) in [4.78, 5) is 30.0. The van der Waals surface area contributed by atoms with Gasteiger partial charge in [-0.1, -0.05) is 19.1 Å². The minimum Gasteiger partial charge on any atom is -0.456 e. The molecule has 1 atom stereocenters. The lowest BCUT2D eigenvalue weighted by atomic mass is 10.0. The molecule has 1 fully saturated rings. The van der Waals surface area contributed by atoms with Gasteiger partial charge >= 0.3 is 5.97 Å². The Morgan fingerprint density at radius 3 is 2.89 bits per heavy atom. The highest BCUT2D eigenvalue weighted by atomic mass is 32.2. The lowest BCUT2D eigenvalue weighted by molar-refractivity contribution is -0.152. The number of fused-ring (bicyclic) bond motifs is 1. The van der Waals surface area contributed by atoms with Crippen LogP contribution in [0.25, 0.3) is 0 Å². The molecule has 0 radical (unpaired) electrons. The van der Waals surface area contributed by atoms with Crippen molar-refractivity contribution >= 4 is 27.7 Å². The van der Waals surface area contributed by atoms with Crippen LogP contribution in [0.4, 0.5) is 0 Å². The Bertz CT molecular complexity index is 866. The van der Waals surface area contributed by atoms with Crippen LogP contribution in [-0.4, -0.2) is 57.3 Å². The van der Waals surface area contributed by atoms with Crippen LogP contribution in [0.15, 0.2) is 34.2 Å². The summed E-state index contributed by atoms with van der Waals surface area (Å²) in [5.74, 6) is -0.0327. The zero-order chi connectivity index (χ0) is 19.4. The molecule has 1 aromatic carbocycles. The van der Waals surface area contributed by atoms with E-state index in [4.69, 9.17) is 4.74 Å². The molecule has 1 saturated heterocycles. The fraction of sp³-hybridized carbons (Fsp3) is 0.500. The molecule has 0 bridgehead atoms. The molecule has 3 rings (SSSR count). The summed E-state index contributed by atoms with van der Waals surface area (Å²) in [7, 11) is -3.59. The SMILES string of the molecule is C[C@H]1CCCN(C(=O)COC(=O)CCN=C2NS(=O)(=O)c3ccccc32)C1. The number of benzene rings is 1. The number of ether oxygens (including phenoxy) is 1. The molecule has 1 amide bonds. The number of sulfonamides is 1. The zero-order valence-electron chi connectivity index (χ0n) is 15.2. The van der Waals surface area contributed by atoms with Crippen molar-refractivity contribution < 1.29 is 22.7 Å². The lowest BCUT2D eigenvalue weighted by Crippen LogP contribution is -2.41. The Balaban J connectivity index is 1.47. The van der Waals surface area contributed by atoms with Crippen LogP contribution in [-0.2, 0) is 24.3 Å². The van der Waals surface area contributed by atoms with E-state index in [0.29, 0.717) is 24.6 Å². The van der Waals surface area contributed by atoms with Gasteiger partial charge in [-0.2, -0.15) is 0 Å². The number of amides is 1. The Labute approximate surface area is 158 Å². The Morgan fingerprint density at radius 1 is 1.33 bits per heavy atom. The number of carbonyl (C=O) groups excluding carboxylic acids is 2. The second kappa shape index (κ2) is 8.08. The molecule has 0 spiro atoms. The van der Waals surface area contributed by atoms with E-state index in [-0.39, 0.29) is 36.2 Å². The van der Waals surface area contributed by atoms with E-state index in [0.717, 1.165) is 12.8 Å². The monoisotopic (exact) mass is 393 g/mol. The maximum absolute atomic E-state index is 12.1. The number of piperidine rings is 1. The number of nitrogens with one attached hydrogen (secondary N) is 1. The van der Waals surface area contributed by atoms with Crippen molar-refractivity contribution in [3.05, 3.63) is 29.8 Å². The number of hydrogen-bond donors (Lipinski definition) is 1. The molecular weight excluding hydrogens is 370 g/mol. The summed E-state index contributed by atoms with van der Waals surface area (Å²) in [6, 6.07) is 6.51. The second-order valence-electron chi connectivity index (χ2n) is 6.83. The van der Waals surface area contributed by atoms with Gasteiger partial charge in [0.1, 0.15) is 5.84 Å². The molecule has 0 unspecified atom stereocenters. The molecule has 0 aliphatic carbocycles. The fourth-order valence-electron chi connectivity index (χ4n) is 3.23. The van der Waals surface area contributed by atoms with Gasteiger partial charge in [0, 0.05) is 18.7 Å². The van der Waals surface area contributed by atoms with E-state index in [9.17, 15) is 18.0 Å². The number of likely N-dealkylation sites (tertiary alicyclic amines) is 1. The van der Waals surface area contributed by atoms with Gasteiger partial charge in [-0.25, -0.2) is 8.42 Å². The topological polar surface area (TPSA) is 105 Å². The van der Waals surface area contributed by atoms with E-state index in [1.165, 1.54) is 6.07 Å². The Morgan fingerprint density at radius 2 is 2.11 bits per heavy atom. The van der Waals surface area contributed by atoms with Crippen molar-refractivity contribution in [3.63, 3.8) is 0 Å². The van der Waals surface area contributed by atoms with Crippen molar-refractivity contribution in [1.82, 2.24) is 9.62 Å². The molecule has 0 saturated carbocycles. The predicted octanol–water partition coefficient (Wildman–Crippen LogP) is 0.917. The van der Waals surface area contributed by atoms with Crippen molar-refractivity contribution in [3.8, 4) is 0 Å². The molecule has 146 valence electrons. The van der Waals surface area contributed by atoms with Crippen LogP contribution in [0.3, 0.4) is 0 Å². The van der Waals surface area contributed by atoms with Crippen LogP contribution < -0.4 is 4.72 Å². The first-order chi connectivity index (χ1) is 12.9. The number of rotatable bonds is 5. The van der Waals surface area contributed by atoms with Gasteiger partial charge in [-0.05, 0) is 30.9 Å². The highest BCUT2D eigenvalue weighted by Crippen LogP contribution is 2.22. The van der Waals surface area contributed by atoms with Gasteiger partial charge in [0.05, 0.1) is 17.9 Å². The number of esters is 1. The Hall–Kier alpha value is -2.42. The minimum absolute atomic E-state index is 0.0307. The quantitative estimate of drug-likeness (QED) is 0.749. The molecule has 0 aromatic heterocycles. The first kappa shape index (κ1) is 19.3. The van der Waals surface area contributed by atoms with Crippen molar-refractivity contribution in [1.29, 1.82) is 0 Å². The minimum atomic E-state index is -3.59. The maximum Gasteiger partial charge on any atom is 0.308 e. The van der Waals surface area contributed by atoms with Crippen LogP contribution in [0.1, 0.15) is 31.7 Å². The van der Waals surface area contributed by atoms with Crippen LogP contribution in [0.2, 0.25) is 0 Å². The van der Waals surface area contributed by atoms with Gasteiger partial charge in [-0.15, -0.1) is 0 Å². The summed E-state index contributed by atoms with van der Waals surface area (Å²) in [5, 5.41) is 0. The molecule has 1 N–H and O–H groups in total. The highest BCUT2D eigenvalue weighted by molar-refractivity contribution is 7.90. The first-order valence-electron chi connectivity index (χ1n) is 8.97. The average Bonchev–Trinajstić information content (AvgIpc) is 2.90. The van der Waals surface area contributed by atoms with Crippen molar-refractivity contribution in [2.45, 2.75) is 31.1 Å². The van der Waals surface area contributed by atoms with Gasteiger partial charge in [-0.3, -0.25) is 19.3 Å². The van der Waals surface area contributed by atoms with E-state index in [2.05, 4.69) is 16.6 Å². The fourth-order valence-corrected chi connectivity index (χ4v) is 4.48. The molecule has 1 aromatic rings. The van der Waals surface area contributed by atoms with Gasteiger partial charge in [0.25, 0.3) is 15.9 Å². The van der Waals surface area contributed by atoms with E-state index in [1.54, 1.807) is 23.1 Å². The molecule has 27 heavy (non-hydrogen) atoms. The molecule has 9 heteroatoms. The van der Waals surface area contributed by atoms with Crippen molar-refractivity contribution in [2.75, 3.05) is 26.2 Å². The normalized spacial score (nSPS) is 22.2. The zero-order valence-corrected chi connectivity index (χ0v) is 16.0. The van der Waals surface area contributed by atoms with E-state index < -0.39 is 16.0 Å². The van der Waals surface area contributed by atoms with Gasteiger partial charge < -0.3 is 9.64 Å². The summed E-state index contributed by atoms with van der Waals surface area (Å²) < 4.78 is 31.4.